The van der Waals surface area contributed by atoms with E-state index in [4.69, 9.17) is 14.7 Å². The number of aryl methyl sites for hydroxylation is 1. The van der Waals surface area contributed by atoms with Crippen molar-refractivity contribution in [3.63, 3.8) is 0 Å². The molecular weight excluding hydrogens is 477 g/mol. The van der Waals surface area contributed by atoms with Gasteiger partial charge in [-0.15, -0.1) is 0 Å². The molecule has 1 saturated carbocycles. The largest absolute Gasteiger partial charge is 0.381 e. The van der Waals surface area contributed by atoms with Crippen LogP contribution in [0.3, 0.4) is 0 Å². The van der Waals surface area contributed by atoms with Gasteiger partial charge in [0.15, 0.2) is 0 Å². The number of nitrogens with zero attached hydrogens (tertiary/aromatic N) is 4. The average Bonchev–Trinajstić information content (AvgIpc) is 2.94. The molecule has 7 heteroatoms. The molecule has 4 aliphatic rings. The van der Waals surface area contributed by atoms with Crippen LogP contribution in [-0.2, 0) is 4.74 Å². The van der Waals surface area contributed by atoms with Crippen LogP contribution in [0.2, 0.25) is 0 Å². The highest BCUT2D eigenvalue weighted by atomic mass is 19.1. The Balaban J connectivity index is 1.58. The van der Waals surface area contributed by atoms with Crippen molar-refractivity contribution in [3.05, 3.63) is 82.3 Å². The van der Waals surface area contributed by atoms with Crippen LogP contribution < -0.4 is 21.4 Å². The van der Waals surface area contributed by atoms with Gasteiger partial charge in [-0.1, -0.05) is 12.2 Å². The van der Waals surface area contributed by atoms with E-state index in [1.165, 1.54) is 12.1 Å². The van der Waals surface area contributed by atoms with E-state index in [2.05, 4.69) is 39.2 Å². The fourth-order valence-corrected chi connectivity index (χ4v) is 5.50. The third-order valence-electron chi connectivity index (χ3n) is 7.58. The molecule has 38 heavy (non-hydrogen) atoms. The summed E-state index contributed by atoms with van der Waals surface area (Å²) in [6.07, 6.45) is 12.4. The summed E-state index contributed by atoms with van der Waals surface area (Å²) in [5.41, 5.74) is 5.46. The smallest absolute Gasteiger partial charge is 0.123 e. The lowest BCUT2D eigenvalue weighted by molar-refractivity contribution is 0.0663. The number of rotatable bonds is 5. The summed E-state index contributed by atoms with van der Waals surface area (Å²) in [6.45, 7) is 1.99. The summed E-state index contributed by atoms with van der Waals surface area (Å²) in [5.74, 6) is -0.252. The van der Waals surface area contributed by atoms with Gasteiger partial charge in [-0.05, 0) is 94.0 Å². The number of benzene rings is 2. The van der Waals surface area contributed by atoms with Gasteiger partial charge in [-0.2, -0.15) is 0 Å². The summed E-state index contributed by atoms with van der Waals surface area (Å²) in [4.78, 5) is 14.8. The van der Waals surface area contributed by atoms with Crippen LogP contribution in [0.4, 0.5) is 15.8 Å². The van der Waals surface area contributed by atoms with Gasteiger partial charge in [0.1, 0.15) is 5.82 Å². The fraction of sp³-hybridized carbons (Fsp3) is 0.323. The van der Waals surface area contributed by atoms with Crippen LogP contribution in [0, 0.1) is 12.7 Å². The van der Waals surface area contributed by atoms with Gasteiger partial charge in [0.2, 0.25) is 0 Å². The number of hydrogen-bond acceptors (Lipinski definition) is 5. The quantitative estimate of drug-likeness (QED) is 0.421. The predicted octanol–water partition coefficient (Wildman–Crippen LogP) is 4.78. The molecule has 1 aromatic carbocycles. The maximum Gasteiger partial charge on any atom is 0.123 e. The highest BCUT2D eigenvalue weighted by molar-refractivity contribution is 5.71. The van der Waals surface area contributed by atoms with E-state index in [0.29, 0.717) is 6.10 Å². The first kappa shape index (κ1) is 24.5. The minimum Gasteiger partial charge on any atom is -0.381 e. The molecule has 194 valence electrons. The van der Waals surface area contributed by atoms with E-state index in [1.54, 1.807) is 13.3 Å². The van der Waals surface area contributed by atoms with Crippen LogP contribution >= 0.6 is 0 Å². The topological polar surface area (TPSA) is 64.3 Å². The SMILES string of the molecule is COC1CCC(/N=c2\cc3n(-c4ccc(F)cc4)c4c(nc-3cc2Nc2cccnc2C)=CCCC=4)CC1. The minimum atomic E-state index is -0.252. The van der Waals surface area contributed by atoms with E-state index in [-0.39, 0.29) is 11.9 Å². The Labute approximate surface area is 221 Å². The van der Waals surface area contributed by atoms with Crippen molar-refractivity contribution >= 4 is 23.5 Å². The summed E-state index contributed by atoms with van der Waals surface area (Å²) < 4.78 is 21.6. The molecule has 0 unspecified atom stereocenters. The number of fused-ring (bicyclic) bond motifs is 2. The highest BCUT2D eigenvalue weighted by Gasteiger charge is 2.21. The van der Waals surface area contributed by atoms with Gasteiger partial charge in [0.25, 0.3) is 0 Å². The molecule has 2 aromatic rings. The fourth-order valence-electron chi connectivity index (χ4n) is 5.50. The van der Waals surface area contributed by atoms with Crippen molar-refractivity contribution < 1.29 is 9.13 Å². The lowest BCUT2D eigenvalue weighted by Gasteiger charge is -2.25. The number of hydrogen-bond donors (Lipinski definition) is 1. The average molecular weight is 510 g/mol. The minimum absolute atomic E-state index is 0.221. The Morgan fingerprint density at radius 1 is 1.00 bits per heavy atom. The Morgan fingerprint density at radius 2 is 1.79 bits per heavy atom. The van der Waals surface area contributed by atoms with E-state index < -0.39 is 0 Å². The van der Waals surface area contributed by atoms with E-state index in [0.717, 1.165) is 88.7 Å². The zero-order valence-corrected chi connectivity index (χ0v) is 21.8. The molecule has 0 bridgehead atoms. The second kappa shape index (κ2) is 10.5. The molecule has 6 rings (SSSR count). The Hall–Kier alpha value is -3.84. The molecule has 1 aromatic heterocycles. The number of pyridine rings is 1. The molecule has 3 aliphatic carbocycles. The normalized spacial score (nSPS) is 19.5. The predicted molar refractivity (Wildman–Crippen MR) is 148 cm³/mol. The molecule has 2 heterocycles. The van der Waals surface area contributed by atoms with Crippen molar-refractivity contribution in [1.29, 1.82) is 0 Å². The van der Waals surface area contributed by atoms with Crippen LogP contribution in [-0.4, -0.2) is 33.8 Å². The van der Waals surface area contributed by atoms with Crippen molar-refractivity contribution in [2.45, 2.75) is 57.6 Å². The molecule has 1 N–H and O–H groups in total. The maximum absolute atomic E-state index is 13.9. The first-order chi connectivity index (χ1) is 18.6. The molecule has 6 nitrogen and oxygen atoms in total. The first-order valence-corrected chi connectivity index (χ1v) is 13.4. The standard InChI is InChI=1S/C31H32FN5O/c1-20-25(7-5-17-33-20)35-27-18-29-31(19-28(27)34-22-11-15-24(38-2)16-12-22)37(23-13-9-21(32)10-14-23)30-8-4-3-6-26(30)36-29/h5-10,13-14,17-19,22,24,35H,3-4,11-12,15-16H2,1-2H3/b34-28+. The number of nitrogens with one attached hydrogen (secondary N) is 1. The number of ether oxygens (including phenoxy) is 1. The van der Waals surface area contributed by atoms with Gasteiger partial charge in [-0.3, -0.25) is 9.98 Å². The second-order valence-corrected chi connectivity index (χ2v) is 10.1. The van der Waals surface area contributed by atoms with Crippen LogP contribution in [0.15, 0.2) is 59.7 Å². The van der Waals surface area contributed by atoms with Gasteiger partial charge in [0, 0.05) is 19.0 Å². The third-order valence-corrected chi connectivity index (χ3v) is 7.58. The molecule has 0 saturated heterocycles. The summed E-state index contributed by atoms with van der Waals surface area (Å²) in [6, 6.07) is 15.1. The number of methoxy groups -OCH3 is 1. The third kappa shape index (κ3) is 4.86. The first-order valence-electron chi connectivity index (χ1n) is 13.4. The van der Waals surface area contributed by atoms with Crippen LogP contribution in [0.25, 0.3) is 29.2 Å². The monoisotopic (exact) mass is 509 g/mol. The Morgan fingerprint density at radius 3 is 2.55 bits per heavy atom. The Kier molecular flexibility index (Phi) is 6.77. The second-order valence-electron chi connectivity index (χ2n) is 10.1. The van der Waals surface area contributed by atoms with Gasteiger partial charge in [0.05, 0.1) is 56.7 Å². The lowest BCUT2D eigenvalue weighted by atomic mass is 9.93. The molecule has 1 fully saturated rings. The van der Waals surface area contributed by atoms with Crippen molar-refractivity contribution in [3.8, 4) is 17.1 Å². The van der Waals surface area contributed by atoms with Crippen LogP contribution in [0.5, 0.6) is 0 Å². The van der Waals surface area contributed by atoms with Crippen molar-refractivity contribution in [2.24, 2.45) is 4.99 Å². The highest BCUT2D eigenvalue weighted by Crippen LogP contribution is 2.26. The molecule has 0 atom stereocenters. The number of aromatic nitrogens is 3. The molecule has 0 spiro atoms. The van der Waals surface area contributed by atoms with E-state index in [1.807, 2.05) is 31.2 Å². The number of anilines is 2. The van der Waals surface area contributed by atoms with Gasteiger partial charge in [-0.25, -0.2) is 9.37 Å². The van der Waals surface area contributed by atoms with Crippen molar-refractivity contribution in [1.82, 2.24) is 14.5 Å². The zero-order valence-electron chi connectivity index (χ0n) is 21.8. The Bertz CT molecular complexity index is 1620. The van der Waals surface area contributed by atoms with Crippen molar-refractivity contribution in [2.75, 3.05) is 12.4 Å². The number of halogens is 1. The van der Waals surface area contributed by atoms with E-state index in [9.17, 15) is 4.39 Å². The summed E-state index contributed by atoms with van der Waals surface area (Å²) in [7, 11) is 1.79. The molecule has 0 amide bonds. The van der Waals surface area contributed by atoms with Gasteiger partial charge >= 0.3 is 0 Å². The summed E-state index contributed by atoms with van der Waals surface area (Å²) >= 11 is 0. The van der Waals surface area contributed by atoms with Gasteiger partial charge < -0.3 is 14.6 Å². The molecular formula is C31H32FN5O. The molecule has 1 aliphatic heterocycles. The maximum atomic E-state index is 13.9. The molecule has 0 radical (unpaired) electrons. The van der Waals surface area contributed by atoms with Crippen LogP contribution in [0.1, 0.15) is 44.2 Å². The zero-order chi connectivity index (χ0) is 26.1. The summed E-state index contributed by atoms with van der Waals surface area (Å²) in [5, 5.41) is 6.46. The lowest BCUT2D eigenvalue weighted by Crippen LogP contribution is -2.40. The van der Waals surface area contributed by atoms with E-state index >= 15 is 0 Å².